The Labute approximate surface area is 189 Å². The summed E-state index contributed by atoms with van der Waals surface area (Å²) in [7, 11) is 0. The average molecular weight is 462 g/mol. The fraction of sp³-hybridized carbons (Fsp3) is 0.318. The van der Waals surface area contributed by atoms with Gasteiger partial charge in [0.1, 0.15) is 11.6 Å². The molecular formula is C22H24FN3O5S. The van der Waals surface area contributed by atoms with Crippen LogP contribution in [-0.4, -0.2) is 35.1 Å². The Hall–Kier alpha value is -3.27. The normalized spacial score (nSPS) is 11.6. The van der Waals surface area contributed by atoms with Gasteiger partial charge in [-0.05, 0) is 57.2 Å². The molecule has 0 fully saturated rings. The lowest BCUT2D eigenvalue weighted by molar-refractivity contribution is -0.113. The fourth-order valence-corrected chi connectivity index (χ4v) is 3.23. The van der Waals surface area contributed by atoms with Crippen LogP contribution in [0.2, 0.25) is 0 Å². The minimum Gasteiger partial charge on any atom is -0.490 e. The molecule has 0 aliphatic rings. The topological polar surface area (TPSA) is 95.7 Å². The van der Waals surface area contributed by atoms with E-state index in [1.54, 1.807) is 25.1 Å². The minimum absolute atomic E-state index is 0.0754. The van der Waals surface area contributed by atoms with Crippen LogP contribution >= 0.6 is 11.8 Å². The van der Waals surface area contributed by atoms with Crippen LogP contribution in [0.4, 0.5) is 10.1 Å². The molecule has 32 heavy (non-hydrogen) atoms. The Morgan fingerprint density at radius 3 is 2.53 bits per heavy atom. The van der Waals surface area contributed by atoms with E-state index in [9.17, 15) is 9.18 Å². The van der Waals surface area contributed by atoms with Crippen molar-refractivity contribution < 1.29 is 27.8 Å². The number of rotatable bonds is 11. The second kappa shape index (κ2) is 11.4. The Balaban J connectivity index is 1.52. The molecule has 1 N–H and O–H groups in total. The van der Waals surface area contributed by atoms with Crippen LogP contribution in [0.25, 0.3) is 0 Å². The van der Waals surface area contributed by atoms with Crippen LogP contribution in [0.15, 0.2) is 52.1 Å². The molecule has 0 aliphatic heterocycles. The number of anilines is 1. The maximum Gasteiger partial charge on any atom is 0.277 e. The van der Waals surface area contributed by atoms with E-state index in [1.165, 1.54) is 24.3 Å². The van der Waals surface area contributed by atoms with Crippen molar-refractivity contribution in [3.8, 4) is 17.2 Å². The third-order valence-electron chi connectivity index (χ3n) is 4.05. The molecule has 1 atom stereocenters. The quantitative estimate of drug-likeness (QED) is 0.404. The molecular weight excluding hydrogens is 437 g/mol. The third-order valence-corrected chi connectivity index (χ3v) is 4.87. The van der Waals surface area contributed by atoms with Gasteiger partial charge in [0.2, 0.25) is 5.91 Å². The van der Waals surface area contributed by atoms with Gasteiger partial charge in [0.15, 0.2) is 17.6 Å². The van der Waals surface area contributed by atoms with Crippen molar-refractivity contribution in [2.75, 3.05) is 24.3 Å². The summed E-state index contributed by atoms with van der Waals surface area (Å²) in [5.41, 5.74) is 0.593. The number of amides is 1. The highest BCUT2D eigenvalue weighted by atomic mass is 32.2. The standard InChI is InChI=1S/C22H24FN3O5S/c1-4-28-18-11-8-16(12-19(18)29-5-2)24-20(27)13-32-22-26-25-21(31-22)14(3)30-17-9-6-15(23)7-10-17/h6-12,14H,4-5,13H2,1-3H3,(H,24,27)/t14-/m0/s1. The zero-order valence-electron chi connectivity index (χ0n) is 18.0. The van der Waals surface area contributed by atoms with Crippen LogP contribution in [0, 0.1) is 5.82 Å². The van der Waals surface area contributed by atoms with E-state index in [-0.39, 0.29) is 28.6 Å². The SMILES string of the molecule is CCOc1ccc(NC(=O)CSc2nnc([C@H](C)Oc3ccc(F)cc3)o2)cc1OCC. The fourth-order valence-electron chi connectivity index (χ4n) is 2.66. The number of nitrogens with zero attached hydrogens (tertiary/aromatic N) is 2. The smallest absolute Gasteiger partial charge is 0.277 e. The molecule has 3 rings (SSSR count). The second-order valence-electron chi connectivity index (χ2n) is 6.48. The molecule has 1 aromatic heterocycles. The van der Waals surface area contributed by atoms with Crippen molar-refractivity contribution in [2.45, 2.75) is 32.1 Å². The molecule has 0 aliphatic carbocycles. The van der Waals surface area contributed by atoms with Crippen LogP contribution in [0.1, 0.15) is 32.8 Å². The number of hydrogen-bond donors (Lipinski definition) is 1. The molecule has 0 bridgehead atoms. The van der Waals surface area contributed by atoms with Gasteiger partial charge in [0, 0.05) is 11.8 Å². The lowest BCUT2D eigenvalue weighted by Gasteiger charge is -2.12. The molecule has 10 heteroatoms. The van der Waals surface area contributed by atoms with Crippen molar-refractivity contribution in [3.63, 3.8) is 0 Å². The Kier molecular flexibility index (Phi) is 8.32. The van der Waals surface area contributed by atoms with E-state index in [0.29, 0.717) is 36.1 Å². The molecule has 3 aromatic rings. The molecule has 0 saturated heterocycles. The van der Waals surface area contributed by atoms with Crippen LogP contribution < -0.4 is 19.5 Å². The zero-order chi connectivity index (χ0) is 22.9. The summed E-state index contributed by atoms with van der Waals surface area (Å²) in [5.74, 6) is 1.41. The highest BCUT2D eigenvalue weighted by molar-refractivity contribution is 7.99. The van der Waals surface area contributed by atoms with Gasteiger partial charge in [-0.3, -0.25) is 4.79 Å². The van der Waals surface area contributed by atoms with Crippen LogP contribution in [-0.2, 0) is 4.79 Å². The number of aromatic nitrogens is 2. The predicted molar refractivity (Wildman–Crippen MR) is 118 cm³/mol. The summed E-state index contributed by atoms with van der Waals surface area (Å²) in [4.78, 5) is 12.3. The van der Waals surface area contributed by atoms with E-state index in [1.807, 2.05) is 13.8 Å². The first kappa shape index (κ1) is 23.4. The molecule has 0 saturated carbocycles. The number of halogens is 1. The van der Waals surface area contributed by atoms with E-state index >= 15 is 0 Å². The Bertz CT molecular complexity index is 1030. The molecule has 0 radical (unpaired) electrons. The van der Waals surface area contributed by atoms with Gasteiger partial charge < -0.3 is 23.9 Å². The van der Waals surface area contributed by atoms with Gasteiger partial charge in [0.25, 0.3) is 11.1 Å². The first-order valence-electron chi connectivity index (χ1n) is 10.1. The summed E-state index contributed by atoms with van der Waals surface area (Å²) in [5, 5.41) is 10.9. The van der Waals surface area contributed by atoms with Gasteiger partial charge in [0.05, 0.1) is 19.0 Å². The highest BCUT2D eigenvalue weighted by Crippen LogP contribution is 2.31. The predicted octanol–water partition coefficient (Wildman–Crippen LogP) is 4.88. The van der Waals surface area contributed by atoms with Gasteiger partial charge in [-0.1, -0.05) is 11.8 Å². The van der Waals surface area contributed by atoms with Crippen molar-refractivity contribution in [1.82, 2.24) is 10.2 Å². The molecule has 1 heterocycles. The summed E-state index contributed by atoms with van der Waals surface area (Å²) in [6, 6.07) is 10.9. The lowest BCUT2D eigenvalue weighted by atomic mass is 10.2. The van der Waals surface area contributed by atoms with Crippen molar-refractivity contribution in [1.29, 1.82) is 0 Å². The van der Waals surface area contributed by atoms with Crippen LogP contribution in [0.3, 0.4) is 0 Å². The number of ether oxygens (including phenoxy) is 3. The summed E-state index contributed by atoms with van der Waals surface area (Å²) in [6.45, 7) is 6.50. The van der Waals surface area contributed by atoms with E-state index in [0.717, 1.165) is 11.8 Å². The third kappa shape index (κ3) is 6.61. The van der Waals surface area contributed by atoms with Crippen molar-refractivity contribution in [3.05, 3.63) is 54.2 Å². The first-order valence-corrected chi connectivity index (χ1v) is 11.0. The maximum absolute atomic E-state index is 13.0. The molecule has 0 spiro atoms. The average Bonchev–Trinajstić information content (AvgIpc) is 3.25. The minimum atomic E-state index is -0.531. The number of carbonyl (C=O) groups excluding carboxylic acids is 1. The molecule has 2 aromatic carbocycles. The van der Waals surface area contributed by atoms with Gasteiger partial charge in [-0.15, -0.1) is 10.2 Å². The summed E-state index contributed by atoms with van der Waals surface area (Å²) in [6.07, 6.45) is -0.531. The monoisotopic (exact) mass is 461 g/mol. The van der Waals surface area contributed by atoms with Gasteiger partial charge >= 0.3 is 0 Å². The zero-order valence-corrected chi connectivity index (χ0v) is 18.8. The number of hydrogen-bond acceptors (Lipinski definition) is 8. The van der Waals surface area contributed by atoms with Gasteiger partial charge in [-0.2, -0.15) is 0 Å². The number of thioether (sulfide) groups is 1. The largest absolute Gasteiger partial charge is 0.490 e. The second-order valence-corrected chi connectivity index (χ2v) is 7.41. The Morgan fingerprint density at radius 2 is 1.81 bits per heavy atom. The first-order chi connectivity index (χ1) is 15.5. The molecule has 170 valence electrons. The number of benzene rings is 2. The maximum atomic E-state index is 13.0. The molecule has 8 nitrogen and oxygen atoms in total. The highest BCUT2D eigenvalue weighted by Gasteiger charge is 2.17. The summed E-state index contributed by atoms with van der Waals surface area (Å²) < 4.78 is 35.3. The number of nitrogens with one attached hydrogen (secondary N) is 1. The van der Waals surface area contributed by atoms with Gasteiger partial charge in [-0.25, -0.2) is 4.39 Å². The van der Waals surface area contributed by atoms with Crippen LogP contribution in [0.5, 0.6) is 17.2 Å². The number of carbonyl (C=O) groups is 1. The van der Waals surface area contributed by atoms with E-state index in [2.05, 4.69) is 15.5 Å². The Morgan fingerprint density at radius 1 is 1.09 bits per heavy atom. The lowest BCUT2D eigenvalue weighted by Crippen LogP contribution is -2.14. The molecule has 0 unspecified atom stereocenters. The van der Waals surface area contributed by atoms with Crippen molar-refractivity contribution in [2.24, 2.45) is 0 Å². The summed E-state index contributed by atoms with van der Waals surface area (Å²) >= 11 is 1.11. The van der Waals surface area contributed by atoms with Crippen molar-refractivity contribution >= 4 is 23.4 Å². The van der Waals surface area contributed by atoms with E-state index < -0.39 is 6.10 Å². The molecule has 1 amide bonds. The van der Waals surface area contributed by atoms with E-state index in [4.69, 9.17) is 18.6 Å².